The molecule has 0 fully saturated rings. The van der Waals surface area contributed by atoms with E-state index in [0.29, 0.717) is 0 Å². The van der Waals surface area contributed by atoms with Gasteiger partial charge in [-0.2, -0.15) is 0 Å². The highest BCUT2D eigenvalue weighted by molar-refractivity contribution is 5.86. The zero-order chi connectivity index (χ0) is 14.8. The van der Waals surface area contributed by atoms with Crippen LogP contribution >= 0.6 is 0 Å². The van der Waals surface area contributed by atoms with E-state index in [-0.39, 0.29) is 12.5 Å². The summed E-state index contributed by atoms with van der Waals surface area (Å²) in [6, 6.07) is 13.8. The van der Waals surface area contributed by atoms with E-state index in [2.05, 4.69) is 5.32 Å². The minimum atomic E-state index is -0.701. The van der Waals surface area contributed by atoms with Crippen molar-refractivity contribution >= 4 is 16.7 Å². The maximum atomic E-state index is 11.8. The maximum Gasteiger partial charge on any atom is 0.225 e. The van der Waals surface area contributed by atoms with Crippen molar-refractivity contribution in [1.82, 2.24) is 5.32 Å². The molecule has 0 heterocycles. The lowest BCUT2D eigenvalue weighted by Crippen LogP contribution is -2.37. The van der Waals surface area contributed by atoms with Crippen LogP contribution in [0.3, 0.4) is 0 Å². The Morgan fingerprint density at radius 1 is 1.15 bits per heavy atom. The number of fused-ring (bicyclic) bond motifs is 1. The predicted octanol–water partition coefficient (Wildman–Crippen LogP) is 3.04. The van der Waals surface area contributed by atoms with Gasteiger partial charge in [0.1, 0.15) is 0 Å². The fraction of sp³-hybridized carbons (Fsp3) is 0.353. The summed E-state index contributed by atoms with van der Waals surface area (Å²) in [6.07, 6.45) is -0.701. The smallest absolute Gasteiger partial charge is 0.225 e. The van der Waals surface area contributed by atoms with Gasteiger partial charge in [0, 0.05) is 12.0 Å². The summed E-state index contributed by atoms with van der Waals surface area (Å²) in [6.45, 7) is 5.79. The van der Waals surface area contributed by atoms with Crippen molar-refractivity contribution in [1.29, 1.82) is 0 Å². The first-order chi connectivity index (χ1) is 9.39. The number of benzene rings is 2. The predicted molar refractivity (Wildman–Crippen MR) is 81.4 cm³/mol. The molecule has 1 atom stereocenters. The third kappa shape index (κ3) is 3.17. The van der Waals surface area contributed by atoms with Crippen LogP contribution in [0.15, 0.2) is 42.5 Å². The normalized spacial score (nSPS) is 13.2. The van der Waals surface area contributed by atoms with Crippen molar-refractivity contribution < 1.29 is 9.90 Å². The first-order valence-electron chi connectivity index (χ1n) is 6.83. The lowest BCUT2D eigenvalue weighted by molar-refractivity contribution is -0.128. The molecule has 0 aromatic heterocycles. The van der Waals surface area contributed by atoms with Crippen molar-refractivity contribution in [2.75, 3.05) is 6.54 Å². The van der Waals surface area contributed by atoms with E-state index in [1.54, 1.807) is 0 Å². The van der Waals surface area contributed by atoms with E-state index in [1.807, 2.05) is 63.2 Å². The van der Waals surface area contributed by atoms with E-state index in [4.69, 9.17) is 0 Å². The van der Waals surface area contributed by atoms with Gasteiger partial charge >= 0.3 is 0 Å². The topological polar surface area (TPSA) is 49.3 Å². The first kappa shape index (κ1) is 14.5. The van der Waals surface area contributed by atoms with Gasteiger partial charge in [-0.3, -0.25) is 4.79 Å². The van der Waals surface area contributed by atoms with Crippen LogP contribution < -0.4 is 5.32 Å². The molecule has 0 saturated carbocycles. The molecule has 0 aliphatic rings. The van der Waals surface area contributed by atoms with Crippen molar-refractivity contribution in [3.8, 4) is 0 Å². The second-order valence-corrected chi connectivity index (χ2v) is 6.04. The van der Waals surface area contributed by atoms with Gasteiger partial charge in [-0.1, -0.05) is 63.2 Å². The van der Waals surface area contributed by atoms with Crippen LogP contribution in [0.1, 0.15) is 32.4 Å². The molecule has 3 heteroatoms. The fourth-order valence-corrected chi connectivity index (χ4v) is 2.11. The monoisotopic (exact) mass is 271 g/mol. The Morgan fingerprint density at radius 2 is 1.80 bits per heavy atom. The number of rotatable bonds is 3. The Balaban J connectivity index is 2.16. The van der Waals surface area contributed by atoms with Crippen LogP contribution in [-0.4, -0.2) is 17.6 Å². The summed E-state index contributed by atoms with van der Waals surface area (Å²) in [5, 5.41) is 15.2. The molecule has 2 aromatic rings. The van der Waals surface area contributed by atoms with Crippen molar-refractivity contribution in [3.63, 3.8) is 0 Å². The van der Waals surface area contributed by atoms with Crippen LogP contribution in [0, 0.1) is 5.41 Å². The number of aliphatic hydroxyl groups is 1. The van der Waals surface area contributed by atoms with E-state index < -0.39 is 11.5 Å². The average molecular weight is 271 g/mol. The standard InChI is InChI=1S/C17H21NO2/c1-17(2,3)16(20)18-11-15(19)14-10-6-8-12-7-4-5-9-13(12)14/h4-10,15,19H,11H2,1-3H3,(H,18,20). The Hall–Kier alpha value is -1.87. The Morgan fingerprint density at radius 3 is 2.50 bits per heavy atom. The van der Waals surface area contributed by atoms with E-state index in [9.17, 15) is 9.90 Å². The zero-order valence-electron chi connectivity index (χ0n) is 12.2. The van der Waals surface area contributed by atoms with E-state index in [0.717, 1.165) is 16.3 Å². The summed E-state index contributed by atoms with van der Waals surface area (Å²) >= 11 is 0. The van der Waals surface area contributed by atoms with Crippen molar-refractivity contribution in [3.05, 3.63) is 48.0 Å². The quantitative estimate of drug-likeness (QED) is 0.901. The molecule has 0 saturated heterocycles. The molecule has 2 rings (SSSR count). The average Bonchev–Trinajstić information content (AvgIpc) is 2.42. The van der Waals surface area contributed by atoms with Crippen molar-refractivity contribution in [2.24, 2.45) is 5.41 Å². The first-order valence-corrected chi connectivity index (χ1v) is 6.83. The maximum absolute atomic E-state index is 11.8. The summed E-state index contributed by atoms with van der Waals surface area (Å²) < 4.78 is 0. The van der Waals surface area contributed by atoms with E-state index >= 15 is 0 Å². The highest BCUT2D eigenvalue weighted by Crippen LogP contribution is 2.24. The van der Waals surface area contributed by atoms with Crippen LogP contribution in [0.25, 0.3) is 10.8 Å². The number of carbonyl (C=O) groups excluding carboxylic acids is 1. The van der Waals surface area contributed by atoms with Crippen LogP contribution in [0.2, 0.25) is 0 Å². The fourth-order valence-electron chi connectivity index (χ4n) is 2.11. The molecule has 1 unspecified atom stereocenters. The molecular weight excluding hydrogens is 250 g/mol. The van der Waals surface area contributed by atoms with Gasteiger partial charge < -0.3 is 10.4 Å². The highest BCUT2D eigenvalue weighted by atomic mass is 16.3. The Kier molecular flexibility index (Phi) is 4.09. The molecule has 1 amide bonds. The van der Waals surface area contributed by atoms with Crippen LogP contribution in [0.4, 0.5) is 0 Å². The molecule has 0 aliphatic carbocycles. The van der Waals surface area contributed by atoms with Crippen LogP contribution in [0.5, 0.6) is 0 Å². The number of amides is 1. The number of hydrogen-bond donors (Lipinski definition) is 2. The molecule has 0 bridgehead atoms. The second kappa shape index (κ2) is 5.63. The Bertz CT molecular complexity index is 608. The molecule has 2 aromatic carbocycles. The van der Waals surface area contributed by atoms with Gasteiger partial charge in [0.15, 0.2) is 0 Å². The summed E-state index contributed by atoms with van der Waals surface area (Å²) in [7, 11) is 0. The summed E-state index contributed by atoms with van der Waals surface area (Å²) in [4.78, 5) is 11.8. The van der Waals surface area contributed by atoms with Crippen LogP contribution in [-0.2, 0) is 4.79 Å². The summed E-state index contributed by atoms with van der Waals surface area (Å²) in [5.41, 5.74) is 0.399. The lowest BCUT2D eigenvalue weighted by Gasteiger charge is -2.20. The molecule has 2 N–H and O–H groups in total. The molecule has 0 spiro atoms. The molecular formula is C17H21NO2. The van der Waals surface area contributed by atoms with Gasteiger partial charge in [0.25, 0.3) is 0 Å². The van der Waals surface area contributed by atoms with Gasteiger partial charge in [-0.15, -0.1) is 0 Å². The third-order valence-corrected chi connectivity index (χ3v) is 3.32. The number of hydrogen-bond acceptors (Lipinski definition) is 2. The van der Waals surface area contributed by atoms with Gasteiger partial charge in [-0.25, -0.2) is 0 Å². The molecule has 106 valence electrons. The molecule has 0 aliphatic heterocycles. The van der Waals surface area contributed by atoms with E-state index in [1.165, 1.54) is 0 Å². The zero-order valence-corrected chi connectivity index (χ0v) is 12.2. The van der Waals surface area contributed by atoms with Gasteiger partial charge in [0.05, 0.1) is 6.10 Å². The molecule has 3 nitrogen and oxygen atoms in total. The number of aliphatic hydroxyl groups excluding tert-OH is 1. The molecule has 0 radical (unpaired) electrons. The summed E-state index contributed by atoms with van der Waals surface area (Å²) in [5.74, 6) is -0.0585. The SMILES string of the molecule is CC(C)(C)C(=O)NCC(O)c1cccc2ccccc12. The minimum Gasteiger partial charge on any atom is -0.387 e. The Labute approximate surface area is 119 Å². The third-order valence-electron chi connectivity index (χ3n) is 3.32. The molecule has 20 heavy (non-hydrogen) atoms. The highest BCUT2D eigenvalue weighted by Gasteiger charge is 2.22. The second-order valence-electron chi connectivity index (χ2n) is 6.04. The minimum absolute atomic E-state index is 0.0585. The van der Waals surface area contributed by atoms with Crippen molar-refractivity contribution in [2.45, 2.75) is 26.9 Å². The van der Waals surface area contributed by atoms with Gasteiger partial charge in [-0.05, 0) is 16.3 Å². The van der Waals surface area contributed by atoms with Gasteiger partial charge in [0.2, 0.25) is 5.91 Å². The number of carbonyl (C=O) groups is 1. The lowest BCUT2D eigenvalue weighted by atomic mass is 9.95. The largest absolute Gasteiger partial charge is 0.387 e. The number of nitrogens with one attached hydrogen (secondary N) is 1.